The van der Waals surface area contributed by atoms with Crippen LogP contribution < -0.4 is 10.2 Å². The third-order valence-electron chi connectivity index (χ3n) is 6.76. The smallest absolute Gasteiger partial charge is 0.243 e. The van der Waals surface area contributed by atoms with E-state index in [0.29, 0.717) is 19.4 Å². The van der Waals surface area contributed by atoms with Crippen LogP contribution in [0.25, 0.3) is 0 Å². The fraction of sp³-hybridized carbons (Fsp3) is 0.630. The number of carbonyl (C=O) groups excluding carboxylic acids is 1. The van der Waals surface area contributed by atoms with Crippen LogP contribution in [-0.2, 0) is 16.6 Å². The van der Waals surface area contributed by atoms with E-state index >= 15 is 0 Å². The summed E-state index contributed by atoms with van der Waals surface area (Å²) in [4.78, 5) is 17.4. The molecule has 1 heterocycles. The van der Waals surface area contributed by atoms with Gasteiger partial charge in [0.25, 0.3) is 0 Å². The van der Waals surface area contributed by atoms with Crippen molar-refractivity contribution in [3.63, 3.8) is 0 Å². The number of ether oxygens (including phenoxy) is 1. The first kappa shape index (κ1) is 28.3. The van der Waals surface area contributed by atoms with E-state index in [1.54, 1.807) is 16.8 Å². The van der Waals surface area contributed by atoms with Gasteiger partial charge in [0.15, 0.2) is 0 Å². The number of aliphatic hydroxyl groups is 1. The number of thiazole rings is 1. The minimum absolute atomic E-state index is 0.124. The summed E-state index contributed by atoms with van der Waals surface area (Å²) >= 11 is 1.78. The van der Waals surface area contributed by atoms with Gasteiger partial charge >= 0.3 is 0 Å². The maximum absolute atomic E-state index is 11.1. The standard InChI is InChI=1S/C27H42N2O4S/c1-7-27(8-2,25-28-22(19(3)34-25)16-17-23(30)26(4,5)6)20-12-14-21(15-13-20)33-18-10-9-11-24(31)29-32/h12-15,23,30,32H,7-11,16-18H2,1-6H3,(H,29,31). The van der Waals surface area contributed by atoms with E-state index in [9.17, 15) is 9.90 Å². The number of nitrogens with zero attached hydrogens (tertiary/aromatic N) is 1. The Hall–Kier alpha value is -1.96. The SMILES string of the molecule is CCC(CC)(c1ccc(OCCCCC(=O)NO)cc1)c1nc(CCC(O)C(C)(C)C)c(C)s1. The first-order valence-electron chi connectivity index (χ1n) is 12.4. The van der Waals surface area contributed by atoms with Gasteiger partial charge in [0, 0.05) is 16.7 Å². The van der Waals surface area contributed by atoms with Crippen molar-refractivity contribution in [3.05, 3.63) is 45.4 Å². The molecular weight excluding hydrogens is 448 g/mol. The van der Waals surface area contributed by atoms with Crippen LogP contribution in [0.3, 0.4) is 0 Å². The minimum atomic E-state index is -0.370. The second-order valence-electron chi connectivity index (χ2n) is 10.1. The van der Waals surface area contributed by atoms with Gasteiger partial charge < -0.3 is 9.84 Å². The normalized spacial score (nSPS) is 13.1. The molecule has 0 aliphatic heterocycles. The lowest BCUT2D eigenvalue weighted by molar-refractivity contribution is -0.129. The molecule has 0 radical (unpaired) electrons. The molecule has 2 aromatic rings. The number of carbonyl (C=O) groups is 1. The van der Waals surface area contributed by atoms with E-state index in [-0.39, 0.29) is 22.8 Å². The van der Waals surface area contributed by atoms with Crippen molar-refractivity contribution < 1.29 is 19.8 Å². The Morgan fingerprint density at radius 1 is 1.15 bits per heavy atom. The van der Waals surface area contributed by atoms with E-state index in [1.807, 2.05) is 12.1 Å². The lowest BCUT2D eigenvalue weighted by atomic mass is 9.76. The Morgan fingerprint density at radius 3 is 2.35 bits per heavy atom. The quantitative estimate of drug-likeness (QED) is 0.183. The summed E-state index contributed by atoms with van der Waals surface area (Å²) in [6.45, 7) is 13.3. The molecule has 1 amide bonds. The highest BCUT2D eigenvalue weighted by atomic mass is 32.1. The van der Waals surface area contributed by atoms with Crippen LogP contribution in [0.1, 0.15) is 94.3 Å². The fourth-order valence-corrected chi connectivity index (χ4v) is 5.47. The number of unbranched alkanes of at least 4 members (excludes halogenated alkanes) is 1. The van der Waals surface area contributed by atoms with Gasteiger partial charge in [-0.3, -0.25) is 10.0 Å². The van der Waals surface area contributed by atoms with Gasteiger partial charge in [0.1, 0.15) is 10.8 Å². The molecule has 0 saturated carbocycles. The Bertz CT molecular complexity index is 898. The molecule has 3 N–H and O–H groups in total. The van der Waals surface area contributed by atoms with Gasteiger partial charge in [-0.05, 0) is 68.6 Å². The minimum Gasteiger partial charge on any atom is -0.494 e. The maximum Gasteiger partial charge on any atom is 0.243 e. The predicted octanol–water partition coefficient (Wildman–Crippen LogP) is 5.95. The number of amides is 1. The van der Waals surface area contributed by atoms with Crippen LogP contribution in [-0.4, -0.2) is 33.9 Å². The van der Waals surface area contributed by atoms with Crippen molar-refractivity contribution in [2.24, 2.45) is 5.41 Å². The van der Waals surface area contributed by atoms with Crippen LogP contribution in [0.4, 0.5) is 0 Å². The van der Waals surface area contributed by atoms with Crippen LogP contribution in [0, 0.1) is 12.3 Å². The summed E-state index contributed by atoms with van der Waals surface area (Å²) < 4.78 is 5.84. The summed E-state index contributed by atoms with van der Waals surface area (Å²) in [6, 6.07) is 8.30. The van der Waals surface area contributed by atoms with Crippen molar-refractivity contribution in [3.8, 4) is 5.75 Å². The number of aromatic nitrogens is 1. The molecule has 1 unspecified atom stereocenters. The van der Waals surface area contributed by atoms with Crippen molar-refractivity contribution in [2.45, 2.75) is 98.0 Å². The zero-order valence-corrected chi connectivity index (χ0v) is 22.4. The summed E-state index contributed by atoms with van der Waals surface area (Å²) in [5.74, 6) is 0.439. The number of hydrogen-bond acceptors (Lipinski definition) is 6. The topological polar surface area (TPSA) is 91.7 Å². The molecule has 190 valence electrons. The summed E-state index contributed by atoms with van der Waals surface area (Å²) in [6.07, 6.45) is 4.76. The van der Waals surface area contributed by atoms with Crippen LogP contribution in [0.5, 0.6) is 5.75 Å². The molecule has 1 aromatic carbocycles. The molecule has 1 aromatic heterocycles. The van der Waals surface area contributed by atoms with E-state index in [2.05, 4.69) is 53.7 Å². The van der Waals surface area contributed by atoms with Gasteiger partial charge in [-0.2, -0.15) is 0 Å². The number of benzene rings is 1. The molecule has 0 aliphatic carbocycles. The highest BCUT2D eigenvalue weighted by Gasteiger charge is 2.34. The molecule has 0 spiro atoms. The fourth-order valence-electron chi connectivity index (χ4n) is 4.16. The molecule has 0 bridgehead atoms. The number of nitrogens with one attached hydrogen (secondary N) is 1. The second kappa shape index (κ2) is 12.7. The molecule has 6 nitrogen and oxygen atoms in total. The molecule has 0 aliphatic rings. The monoisotopic (exact) mass is 490 g/mol. The number of aryl methyl sites for hydroxylation is 2. The average Bonchev–Trinajstić information content (AvgIpc) is 3.19. The first-order chi connectivity index (χ1) is 16.1. The van der Waals surface area contributed by atoms with Crippen molar-refractivity contribution in [1.82, 2.24) is 10.5 Å². The van der Waals surface area contributed by atoms with Crippen molar-refractivity contribution in [2.75, 3.05) is 6.61 Å². The number of aliphatic hydroxyl groups excluding tert-OH is 1. The van der Waals surface area contributed by atoms with Gasteiger partial charge in [-0.25, -0.2) is 10.5 Å². The third kappa shape index (κ3) is 7.27. The third-order valence-corrected chi connectivity index (χ3v) is 7.98. The zero-order chi connectivity index (χ0) is 25.4. The number of rotatable bonds is 13. The van der Waals surface area contributed by atoms with E-state index in [0.717, 1.165) is 48.6 Å². The molecular formula is C27H42N2O4S. The highest BCUT2D eigenvalue weighted by molar-refractivity contribution is 7.11. The van der Waals surface area contributed by atoms with Crippen LogP contribution in [0.2, 0.25) is 0 Å². The Labute approximate surface area is 208 Å². The van der Waals surface area contributed by atoms with E-state index in [1.165, 1.54) is 10.4 Å². The number of hydrogen-bond donors (Lipinski definition) is 3. The zero-order valence-electron chi connectivity index (χ0n) is 21.6. The summed E-state index contributed by atoms with van der Waals surface area (Å²) in [5, 5.41) is 20.1. The Balaban J connectivity index is 2.10. The van der Waals surface area contributed by atoms with E-state index in [4.69, 9.17) is 14.9 Å². The van der Waals surface area contributed by atoms with Crippen LogP contribution >= 0.6 is 11.3 Å². The Kier molecular flexibility index (Phi) is 10.5. The summed E-state index contributed by atoms with van der Waals surface area (Å²) in [7, 11) is 0. The lowest BCUT2D eigenvalue weighted by Gasteiger charge is -2.30. The molecule has 34 heavy (non-hydrogen) atoms. The van der Waals surface area contributed by atoms with Gasteiger partial charge in [-0.15, -0.1) is 11.3 Å². The van der Waals surface area contributed by atoms with Gasteiger partial charge in [0.05, 0.1) is 18.4 Å². The van der Waals surface area contributed by atoms with Crippen LogP contribution in [0.15, 0.2) is 24.3 Å². The average molecular weight is 491 g/mol. The highest BCUT2D eigenvalue weighted by Crippen LogP contribution is 2.42. The second-order valence-corrected chi connectivity index (χ2v) is 11.3. The van der Waals surface area contributed by atoms with Crippen molar-refractivity contribution in [1.29, 1.82) is 0 Å². The molecule has 0 saturated heterocycles. The van der Waals surface area contributed by atoms with E-state index < -0.39 is 0 Å². The molecule has 2 rings (SSSR count). The predicted molar refractivity (Wildman–Crippen MR) is 138 cm³/mol. The summed E-state index contributed by atoms with van der Waals surface area (Å²) in [5.41, 5.74) is 3.71. The first-order valence-corrected chi connectivity index (χ1v) is 13.2. The Morgan fingerprint density at radius 2 is 1.79 bits per heavy atom. The van der Waals surface area contributed by atoms with Crippen molar-refractivity contribution >= 4 is 17.2 Å². The van der Waals surface area contributed by atoms with Gasteiger partial charge in [0.2, 0.25) is 5.91 Å². The maximum atomic E-state index is 11.1. The molecule has 0 fully saturated rings. The largest absolute Gasteiger partial charge is 0.494 e. The van der Waals surface area contributed by atoms with Gasteiger partial charge in [-0.1, -0.05) is 46.8 Å². The molecule has 7 heteroatoms. The molecule has 1 atom stereocenters. The number of hydroxylamine groups is 1. The lowest BCUT2D eigenvalue weighted by Crippen LogP contribution is -2.27.